The topological polar surface area (TPSA) is 38.9 Å². The highest BCUT2D eigenvalue weighted by molar-refractivity contribution is 9.10. The van der Waals surface area contributed by atoms with E-state index in [4.69, 9.17) is 5.73 Å². The number of hydrogen-bond acceptors (Lipinski definition) is 2. The average molecular weight is 251 g/mol. The van der Waals surface area contributed by atoms with Gasteiger partial charge in [-0.1, -0.05) is 0 Å². The van der Waals surface area contributed by atoms with Gasteiger partial charge in [0.2, 0.25) is 0 Å². The lowest BCUT2D eigenvalue weighted by atomic mass is 10.2. The molecule has 2 nitrogen and oxygen atoms in total. The van der Waals surface area contributed by atoms with E-state index in [-0.39, 0.29) is 0 Å². The van der Waals surface area contributed by atoms with Crippen molar-refractivity contribution in [2.24, 2.45) is 5.73 Å². The van der Waals surface area contributed by atoms with Crippen LogP contribution in [0.2, 0.25) is 0 Å². The molecule has 0 unspecified atom stereocenters. The van der Waals surface area contributed by atoms with Gasteiger partial charge in [0.15, 0.2) is 0 Å². The highest BCUT2D eigenvalue weighted by atomic mass is 79.9. The first-order chi connectivity index (χ1) is 6.05. The molecule has 0 aromatic carbocycles. The van der Waals surface area contributed by atoms with E-state index in [1.807, 2.05) is 0 Å². The summed E-state index contributed by atoms with van der Waals surface area (Å²) < 4.78 is 26.3. The molecule has 1 heterocycles. The van der Waals surface area contributed by atoms with Gasteiger partial charge >= 0.3 is 0 Å². The molecule has 13 heavy (non-hydrogen) atoms. The molecule has 1 rings (SSSR count). The molecule has 0 aliphatic rings. The first kappa shape index (κ1) is 10.5. The lowest BCUT2D eigenvalue weighted by Crippen LogP contribution is -2.30. The minimum Gasteiger partial charge on any atom is -0.325 e. The summed E-state index contributed by atoms with van der Waals surface area (Å²) in [5.74, 6) is -2.88. The number of aromatic nitrogens is 1. The molecular weight excluding hydrogens is 242 g/mol. The fourth-order valence-electron chi connectivity index (χ4n) is 0.866. The van der Waals surface area contributed by atoms with Crippen molar-refractivity contribution < 1.29 is 8.78 Å². The van der Waals surface area contributed by atoms with Crippen molar-refractivity contribution in [3.63, 3.8) is 0 Å². The maximum Gasteiger partial charge on any atom is 0.265 e. The summed E-state index contributed by atoms with van der Waals surface area (Å²) in [6, 6.07) is 3.35. The standard InChI is InChI=1S/C8H9BrF2N2/c9-6-2-1-3-13-7(6)4-8(10,11)5-12/h1-3H,4-5,12H2. The zero-order valence-electron chi connectivity index (χ0n) is 6.80. The van der Waals surface area contributed by atoms with E-state index in [9.17, 15) is 8.78 Å². The Morgan fingerprint density at radius 2 is 2.23 bits per heavy atom. The fraction of sp³-hybridized carbons (Fsp3) is 0.375. The van der Waals surface area contributed by atoms with Crippen molar-refractivity contribution in [1.29, 1.82) is 0 Å². The molecule has 0 bridgehead atoms. The monoisotopic (exact) mass is 250 g/mol. The molecule has 72 valence electrons. The maximum absolute atomic E-state index is 12.8. The Bertz CT molecular complexity index is 291. The van der Waals surface area contributed by atoms with Crippen LogP contribution >= 0.6 is 15.9 Å². The quantitative estimate of drug-likeness (QED) is 0.892. The van der Waals surface area contributed by atoms with Crippen LogP contribution in [0.25, 0.3) is 0 Å². The normalized spacial score (nSPS) is 11.7. The molecule has 0 atom stereocenters. The van der Waals surface area contributed by atoms with E-state index in [0.717, 1.165) is 0 Å². The van der Waals surface area contributed by atoms with Gasteiger partial charge in [-0.15, -0.1) is 0 Å². The summed E-state index contributed by atoms with van der Waals surface area (Å²) in [5.41, 5.74) is 5.24. The Labute approximate surface area is 83.3 Å². The molecule has 0 aliphatic carbocycles. The molecule has 0 saturated heterocycles. The van der Waals surface area contributed by atoms with Crippen molar-refractivity contribution in [1.82, 2.24) is 4.98 Å². The predicted octanol–water partition coefficient (Wildman–Crippen LogP) is 1.98. The first-order valence-electron chi connectivity index (χ1n) is 3.72. The van der Waals surface area contributed by atoms with Crippen LogP contribution in [0.15, 0.2) is 22.8 Å². The van der Waals surface area contributed by atoms with E-state index in [0.29, 0.717) is 10.2 Å². The van der Waals surface area contributed by atoms with Gasteiger partial charge in [-0.2, -0.15) is 0 Å². The zero-order valence-corrected chi connectivity index (χ0v) is 8.39. The van der Waals surface area contributed by atoms with Crippen molar-refractivity contribution in [2.75, 3.05) is 6.54 Å². The highest BCUT2D eigenvalue weighted by Gasteiger charge is 2.28. The van der Waals surface area contributed by atoms with Crippen LogP contribution in [0, 0.1) is 0 Å². The van der Waals surface area contributed by atoms with E-state index in [1.54, 1.807) is 12.1 Å². The average Bonchev–Trinajstić information content (AvgIpc) is 2.09. The number of pyridine rings is 1. The first-order valence-corrected chi connectivity index (χ1v) is 4.52. The van der Waals surface area contributed by atoms with Crippen LogP contribution in [-0.4, -0.2) is 17.5 Å². The maximum atomic E-state index is 12.8. The van der Waals surface area contributed by atoms with Crippen molar-refractivity contribution in [3.8, 4) is 0 Å². The second kappa shape index (κ2) is 4.11. The van der Waals surface area contributed by atoms with Gasteiger partial charge in [-0.3, -0.25) is 4.98 Å². The molecule has 0 spiro atoms. The molecule has 0 fully saturated rings. The number of alkyl halides is 2. The predicted molar refractivity (Wildman–Crippen MR) is 49.6 cm³/mol. The second-order valence-electron chi connectivity index (χ2n) is 2.67. The molecule has 1 aromatic rings. The number of nitrogens with zero attached hydrogens (tertiary/aromatic N) is 1. The van der Waals surface area contributed by atoms with Crippen LogP contribution < -0.4 is 5.73 Å². The smallest absolute Gasteiger partial charge is 0.265 e. The largest absolute Gasteiger partial charge is 0.325 e. The second-order valence-corrected chi connectivity index (χ2v) is 3.52. The third-order valence-corrected chi connectivity index (χ3v) is 2.28. The lowest BCUT2D eigenvalue weighted by molar-refractivity contribution is 0.0104. The van der Waals surface area contributed by atoms with Crippen molar-refractivity contribution in [3.05, 3.63) is 28.5 Å². The summed E-state index contributed by atoms with van der Waals surface area (Å²) in [4.78, 5) is 3.83. The number of halogens is 3. The van der Waals surface area contributed by atoms with Gasteiger partial charge in [0, 0.05) is 10.7 Å². The van der Waals surface area contributed by atoms with Crippen LogP contribution in [0.5, 0.6) is 0 Å². The Morgan fingerprint density at radius 1 is 1.54 bits per heavy atom. The zero-order chi connectivity index (χ0) is 9.90. The minimum atomic E-state index is -2.88. The number of hydrogen-bond donors (Lipinski definition) is 1. The van der Waals surface area contributed by atoms with Crippen LogP contribution in [0.1, 0.15) is 5.69 Å². The molecule has 5 heteroatoms. The summed E-state index contributed by atoms with van der Waals surface area (Å²) >= 11 is 3.14. The Morgan fingerprint density at radius 3 is 2.77 bits per heavy atom. The molecule has 0 radical (unpaired) electrons. The summed E-state index contributed by atoms with van der Waals surface area (Å²) in [6.07, 6.45) is 1.05. The highest BCUT2D eigenvalue weighted by Crippen LogP contribution is 2.22. The SMILES string of the molecule is NCC(F)(F)Cc1ncccc1Br. The molecule has 2 N–H and O–H groups in total. The van der Waals surface area contributed by atoms with Gasteiger partial charge in [0.05, 0.1) is 18.7 Å². The Hall–Kier alpha value is -0.550. The molecule has 0 aliphatic heterocycles. The van der Waals surface area contributed by atoms with Crippen LogP contribution in [-0.2, 0) is 6.42 Å². The van der Waals surface area contributed by atoms with E-state index >= 15 is 0 Å². The third kappa shape index (κ3) is 3.00. The van der Waals surface area contributed by atoms with Gasteiger partial charge in [-0.05, 0) is 28.1 Å². The van der Waals surface area contributed by atoms with Crippen molar-refractivity contribution in [2.45, 2.75) is 12.3 Å². The number of rotatable bonds is 3. The van der Waals surface area contributed by atoms with Gasteiger partial charge in [0.25, 0.3) is 5.92 Å². The summed E-state index contributed by atoms with van der Waals surface area (Å²) in [5, 5.41) is 0. The van der Waals surface area contributed by atoms with Gasteiger partial charge in [-0.25, -0.2) is 8.78 Å². The third-order valence-electron chi connectivity index (χ3n) is 1.56. The van der Waals surface area contributed by atoms with E-state index < -0.39 is 18.9 Å². The lowest BCUT2D eigenvalue weighted by Gasteiger charge is -2.13. The Kier molecular flexibility index (Phi) is 3.33. The summed E-state index contributed by atoms with van der Waals surface area (Å²) in [6.45, 7) is -0.657. The minimum absolute atomic E-state index is 0.331. The summed E-state index contributed by atoms with van der Waals surface area (Å²) in [7, 11) is 0. The van der Waals surface area contributed by atoms with E-state index in [2.05, 4.69) is 20.9 Å². The Balaban J connectivity index is 2.80. The number of nitrogens with two attached hydrogens (primary N) is 1. The van der Waals surface area contributed by atoms with Gasteiger partial charge in [0.1, 0.15) is 0 Å². The fourth-order valence-corrected chi connectivity index (χ4v) is 1.26. The molecule has 0 saturated carbocycles. The molecule has 0 amide bonds. The van der Waals surface area contributed by atoms with Crippen LogP contribution in [0.4, 0.5) is 8.78 Å². The van der Waals surface area contributed by atoms with Crippen LogP contribution in [0.3, 0.4) is 0 Å². The van der Waals surface area contributed by atoms with Crippen molar-refractivity contribution >= 4 is 15.9 Å². The van der Waals surface area contributed by atoms with E-state index in [1.165, 1.54) is 6.20 Å². The van der Waals surface area contributed by atoms with Gasteiger partial charge < -0.3 is 5.73 Å². The molecular formula is C8H9BrF2N2. The molecule has 1 aromatic heterocycles.